The molecule has 0 bridgehead atoms. The Balaban J connectivity index is 1.85. The molecule has 24 heavy (non-hydrogen) atoms. The summed E-state index contributed by atoms with van der Waals surface area (Å²) in [5.41, 5.74) is 6.41. The van der Waals surface area contributed by atoms with E-state index in [0.29, 0.717) is 50.7 Å². The number of hydrogen-bond donors (Lipinski definition) is 2. The van der Waals surface area contributed by atoms with Gasteiger partial charge in [-0.2, -0.15) is 4.31 Å². The molecule has 1 aromatic rings. The van der Waals surface area contributed by atoms with Crippen LogP contribution < -0.4 is 11.1 Å². The summed E-state index contributed by atoms with van der Waals surface area (Å²) in [6, 6.07) is 6.88. The lowest BCUT2D eigenvalue weighted by molar-refractivity contribution is -0.122. The number of nitrogens with two attached hydrogens (primary N) is 1. The maximum atomic E-state index is 12.6. The maximum Gasteiger partial charge on any atom is 0.243 e. The van der Waals surface area contributed by atoms with Gasteiger partial charge in [-0.05, 0) is 32.0 Å². The molecular weight excluding hydrogens is 328 g/mol. The van der Waals surface area contributed by atoms with Crippen molar-refractivity contribution < 1.29 is 13.2 Å². The number of aryl methyl sites for hydroxylation is 1. The van der Waals surface area contributed by atoms with E-state index in [1.54, 1.807) is 24.3 Å². The lowest BCUT2D eigenvalue weighted by atomic mass is 10.2. The van der Waals surface area contributed by atoms with Crippen LogP contribution in [0.4, 0.5) is 0 Å². The highest BCUT2D eigenvalue weighted by molar-refractivity contribution is 7.89. The van der Waals surface area contributed by atoms with Crippen LogP contribution in [0, 0.1) is 6.92 Å². The van der Waals surface area contributed by atoms with Gasteiger partial charge in [0.2, 0.25) is 15.9 Å². The fourth-order valence-electron chi connectivity index (χ4n) is 2.58. The largest absolute Gasteiger partial charge is 0.355 e. The highest BCUT2D eigenvalue weighted by Gasteiger charge is 2.28. The standard InChI is InChI=1S/C16H26N4O3S/c1-14-3-5-15(6-4-14)24(22,23)20-11-9-19(10-12-20)13-16(21)18-8-2-7-17/h3-6H,2,7-13,17H2,1H3,(H,18,21). The molecule has 134 valence electrons. The molecule has 1 aliphatic rings. The minimum absolute atomic E-state index is 0.0432. The molecule has 1 fully saturated rings. The van der Waals surface area contributed by atoms with Crippen LogP contribution in [0.15, 0.2) is 29.2 Å². The Hall–Kier alpha value is -1.48. The van der Waals surface area contributed by atoms with E-state index in [1.807, 2.05) is 11.8 Å². The lowest BCUT2D eigenvalue weighted by Crippen LogP contribution is -2.51. The normalized spacial score (nSPS) is 16.9. The third-order valence-electron chi connectivity index (χ3n) is 4.06. The first-order chi connectivity index (χ1) is 11.4. The molecule has 1 aliphatic heterocycles. The van der Waals surface area contributed by atoms with Gasteiger partial charge in [0.05, 0.1) is 11.4 Å². The first-order valence-electron chi connectivity index (χ1n) is 8.19. The summed E-state index contributed by atoms with van der Waals surface area (Å²) in [5, 5.41) is 2.81. The van der Waals surface area contributed by atoms with Crippen molar-refractivity contribution in [1.82, 2.24) is 14.5 Å². The van der Waals surface area contributed by atoms with Crippen molar-refractivity contribution >= 4 is 15.9 Å². The van der Waals surface area contributed by atoms with Crippen LogP contribution in [-0.2, 0) is 14.8 Å². The van der Waals surface area contributed by atoms with Crippen LogP contribution in [-0.4, -0.2) is 69.3 Å². The summed E-state index contributed by atoms with van der Waals surface area (Å²) in [4.78, 5) is 14.1. The molecule has 3 N–H and O–H groups in total. The molecule has 0 unspecified atom stereocenters. The predicted molar refractivity (Wildman–Crippen MR) is 93.1 cm³/mol. The molecule has 1 heterocycles. The van der Waals surface area contributed by atoms with Crippen molar-refractivity contribution in [2.45, 2.75) is 18.2 Å². The molecule has 1 amide bonds. The monoisotopic (exact) mass is 354 g/mol. The molecular formula is C16H26N4O3S. The molecule has 0 aromatic heterocycles. The summed E-state index contributed by atoms with van der Waals surface area (Å²) in [6.07, 6.45) is 0.758. The number of hydrogen-bond acceptors (Lipinski definition) is 5. The number of amides is 1. The second kappa shape index (κ2) is 8.57. The van der Waals surface area contributed by atoms with E-state index in [9.17, 15) is 13.2 Å². The van der Waals surface area contributed by atoms with E-state index in [0.717, 1.165) is 12.0 Å². The van der Waals surface area contributed by atoms with Crippen LogP contribution in [0.3, 0.4) is 0 Å². The number of carbonyl (C=O) groups excluding carboxylic acids is 1. The number of nitrogens with one attached hydrogen (secondary N) is 1. The van der Waals surface area contributed by atoms with Gasteiger partial charge in [0.15, 0.2) is 0 Å². The predicted octanol–water partition coefficient (Wildman–Crippen LogP) is -0.234. The summed E-state index contributed by atoms with van der Waals surface area (Å²) >= 11 is 0. The molecule has 8 heteroatoms. The lowest BCUT2D eigenvalue weighted by Gasteiger charge is -2.33. The minimum atomic E-state index is -3.46. The zero-order valence-electron chi connectivity index (χ0n) is 14.1. The molecule has 1 aromatic carbocycles. The highest BCUT2D eigenvalue weighted by atomic mass is 32.2. The number of piperazine rings is 1. The van der Waals surface area contributed by atoms with E-state index < -0.39 is 10.0 Å². The smallest absolute Gasteiger partial charge is 0.243 e. The van der Waals surface area contributed by atoms with Gasteiger partial charge in [0.25, 0.3) is 0 Å². The number of benzene rings is 1. The fourth-order valence-corrected chi connectivity index (χ4v) is 4.00. The average molecular weight is 354 g/mol. The van der Waals surface area contributed by atoms with Gasteiger partial charge in [-0.25, -0.2) is 8.42 Å². The number of carbonyl (C=O) groups is 1. The second-order valence-corrected chi connectivity index (χ2v) is 7.92. The molecule has 0 saturated carbocycles. The van der Waals surface area contributed by atoms with Gasteiger partial charge in [0, 0.05) is 32.7 Å². The number of nitrogens with zero attached hydrogens (tertiary/aromatic N) is 2. The van der Waals surface area contributed by atoms with E-state index >= 15 is 0 Å². The van der Waals surface area contributed by atoms with E-state index in [4.69, 9.17) is 5.73 Å². The third kappa shape index (κ3) is 5.01. The molecule has 0 aliphatic carbocycles. The molecule has 0 radical (unpaired) electrons. The SMILES string of the molecule is Cc1ccc(S(=O)(=O)N2CCN(CC(=O)NCCCN)CC2)cc1. The summed E-state index contributed by atoms with van der Waals surface area (Å²) < 4.78 is 26.7. The van der Waals surface area contributed by atoms with E-state index in [-0.39, 0.29) is 5.91 Å². The highest BCUT2D eigenvalue weighted by Crippen LogP contribution is 2.18. The van der Waals surface area contributed by atoms with Crippen LogP contribution in [0.1, 0.15) is 12.0 Å². The zero-order chi connectivity index (χ0) is 17.6. The van der Waals surface area contributed by atoms with Gasteiger partial charge >= 0.3 is 0 Å². The fraction of sp³-hybridized carbons (Fsp3) is 0.562. The van der Waals surface area contributed by atoms with Gasteiger partial charge in [-0.15, -0.1) is 0 Å². The van der Waals surface area contributed by atoms with Crippen molar-refractivity contribution in [2.24, 2.45) is 5.73 Å². The van der Waals surface area contributed by atoms with Crippen molar-refractivity contribution in [3.8, 4) is 0 Å². The van der Waals surface area contributed by atoms with E-state index in [2.05, 4.69) is 5.32 Å². The Morgan fingerprint density at radius 2 is 1.79 bits per heavy atom. The van der Waals surface area contributed by atoms with Crippen molar-refractivity contribution in [1.29, 1.82) is 0 Å². The zero-order valence-corrected chi connectivity index (χ0v) is 14.9. The van der Waals surface area contributed by atoms with Crippen LogP contribution in [0.25, 0.3) is 0 Å². The average Bonchev–Trinajstić information content (AvgIpc) is 2.56. The first-order valence-corrected chi connectivity index (χ1v) is 9.63. The molecule has 2 rings (SSSR count). The Morgan fingerprint density at radius 3 is 2.38 bits per heavy atom. The minimum Gasteiger partial charge on any atom is -0.355 e. The Kier molecular flexibility index (Phi) is 6.73. The quantitative estimate of drug-likeness (QED) is 0.659. The molecule has 0 spiro atoms. The van der Waals surface area contributed by atoms with Crippen molar-refractivity contribution in [3.05, 3.63) is 29.8 Å². The summed E-state index contributed by atoms with van der Waals surface area (Å²) in [5.74, 6) is -0.0432. The Bertz CT molecular complexity index is 638. The number of rotatable bonds is 7. The van der Waals surface area contributed by atoms with Crippen LogP contribution >= 0.6 is 0 Å². The topological polar surface area (TPSA) is 95.7 Å². The van der Waals surface area contributed by atoms with Crippen molar-refractivity contribution in [3.63, 3.8) is 0 Å². The van der Waals surface area contributed by atoms with Crippen LogP contribution in [0.5, 0.6) is 0 Å². The summed E-state index contributed by atoms with van der Waals surface area (Å²) in [7, 11) is -3.46. The van der Waals surface area contributed by atoms with Crippen molar-refractivity contribution in [2.75, 3.05) is 45.8 Å². The number of sulfonamides is 1. The Labute approximate surface area is 143 Å². The van der Waals surface area contributed by atoms with Crippen LogP contribution in [0.2, 0.25) is 0 Å². The molecule has 0 atom stereocenters. The molecule has 1 saturated heterocycles. The second-order valence-electron chi connectivity index (χ2n) is 5.99. The Morgan fingerprint density at radius 1 is 1.17 bits per heavy atom. The summed E-state index contributed by atoms with van der Waals surface area (Å²) in [6.45, 7) is 5.24. The van der Waals surface area contributed by atoms with Gasteiger partial charge in [0.1, 0.15) is 0 Å². The van der Waals surface area contributed by atoms with E-state index in [1.165, 1.54) is 4.31 Å². The maximum absolute atomic E-state index is 12.6. The van der Waals surface area contributed by atoms with Gasteiger partial charge in [-0.3, -0.25) is 9.69 Å². The van der Waals surface area contributed by atoms with Gasteiger partial charge < -0.3 is 11.1 Å². The van der Waals surface area contributed by atoms with Gasteiger partial charge in [-0.1, -0.05) is 17.7 Å². The first kappa shape index (κ1) is 18.9. The molecule has 7 nitrogen and oxygen atoms in total. The third-order valence-corrected chi connectivity index (χ3v) is 5.97.